The van der Waals surface area contributed by atoms with E-state index >= 15 is 0 Å². The lowest BCUT2D eigenvalue weighted by atomic mass is 9.84. The molecule has 0 amide bonds. The standard InChI is InChI=1S/C54H34/c1-3-13-40-32-42(26-20-35(40)10-1)43-29-31-51-52(34-43)54(44-27-21-36-11-2-4-14-41(36)33-44)50-17-8-7-16-49(50)53(51)39-24-22-38(23-25-39)46-18-9-19-47-45-15-6-5-12-37(45)28-30-48(46)47/h1-34H. The highest BCUT2D eigenvalue weighted by molar-refractivity contribution is 6.22. The summed E-state index contributed by atoms with van der Waals surface area (Å²) in [6.45, 7) is 0. The molecule has 0 saturated carbocycles. The first-order valence-electron chi connectivity index (χ1n) is 18.7. The maximum Gasteiger partial charge on any atom is -0.00259 e. The van der Waals surface area contributed by atoms with Crippen molar-refractivity contribution < 1.29 is 0 Å². The molecule has 0 heteroatoms. The van der Waals surface area contributed by atoms with Gasteiger partial charge in [-0.15, -0.1) is 0 Å². The Kier molecular flexibility index (Phi) is 6.97. The Morgan fingerprint density at radius 2 is 0.630 bits per heavy atom. The summed E-state index contributed by atoms with van der Waals surface area (Å²) in [6.07, 6.45) is 0. The molecule has 0 fully saturated rings. The van der Waals surface area contributed by atoms with E-state index < -0.39 is 0 Å². The van der Waals surface area contributed by atoms with Crippen LogP contribution in [0.2, 0.25) is 0 Å². The molecule has 0 spiro atoms. The fraction of sp³-hybridized carbons (Fsp3) is 0. The van der Waals surface area contributed by atoms with Gasteiger partial charge < -0.3 is 0 Å². The van der Waals surface area contributed by atoms with Crippen molar-refractivity contribution in [3.63, 3.8) is 0 Å². The molecule has 11 aromatic rings. The maximum absolute atomic E-state index is 2.43. The zero-order valence-corrected chi connectivity index (χ0v) is 29.6. The molecule has 0 heterocycles. The monoisotopic (exact) mass is 682 g/mol. The van der Waals surface area contributed by atoms with Gasteiger partial charge in [-0.1, -0.05) is 188 Å². The first-order chi connectivity index (χ1) is 26.8. The van der Waals surface area contributed by atoms with Gasteiger partial charge >= 0.3 is 0 Å². The van der Waals surface area contributed by atoms with E-state index in [0.717, 1.165) is 0 Å². The number of benzene rings is 11. The van der Waals surface area contributed by atoms with E-state index in [-0.39, 0.29) is 0 Å². The molecule has 0 atom stereocenters. The zero-order chi connectivity index (χ0) is 35.6. The molecule has 0 nitrogen and oxygen atoms in total. The number of hydrogen-bond acceptors (Lipinski definition) is 0. The van der Waals surface area contributed by atoms with Gasteiger partial charge in [0, 0.05) is 0 Å². The van der Waals surface area contributed by atoms with Gasteiger partial charge in [-0.25, -0.2) is 0 Å². The Balaban J connectivity index is 1.14. The smallest absolute Gasteiger partial charge is 0.00259 e. The van der Waals surface area contributed by atoms with Crippen molar-refractivity contribution in [2.24, 2.45) is 0 Å². The molecule has 11 rings (SSSR count). The van der Waals surface area contributed by atoms with Crippen LogP contribution in [0.15, 0.2) is 206 Å². The highest BCUT2D eigenvalue weighted by Crippen LogP contribution is 2.46. The van der Waals surface area contributed by atoms with Crippen LogP contribution < -0.4 is 0 Å². The van der Waals surface area contributed by atoms with Crippen molar-refractivity contribution >= 4 is 64.6 Å². The third-order valence-corrected chi connectivity index (χ3v) is 11.4. The second kappa shape index (κ2) is 12.3. The summed E-state index contributed by atoms with van der Waals surface area (Å²) in [6, 6.07) is 76.2. The molecule has 0 aliphatic carbocycles. The van der Waals surface area contributed by atoms with E-state index in [2.05, 4.69) is 206 Å². The third kappa shape index (κ3) is 4.92. The Morgan fingerprint density at radius 3 is 1.35 bits per heavy atom. The minimum atomic E-state index is 1.22. The molecule has 11 aromatic carbocycles. The van der Waals surface area contributed by atoms with Gasteiger partial charge in [0.25, 0.3) is 0 Å². The topological polar surface area (TPSA) is 0 Å². The van der Waals surface area contributed by atoms with Crippen LogP contribution in [0.1, 0.15) is 0 Å². The van der Waals surface area contributed by atoms with Crippen molar-refractivity contribution in [2.75, 3.05) is 0 Å². The summed E-state index contributed by atoms with van der Waals surface area (Å²) in [4.78, 5) is 0. The first-order valence-corrected chi connectivity index (χ1v) is 18.7. The van der Waals surface area contributed by atoms with Gasteiger partial charge in [-0.05, 0) is 127 Å². The quantitative estimate of drug-likeness (QED) is 0.128. The maximum atomic E-state index is 2.43. The van der Waals surface area contributed by atoms with Crippen LogP contribution in [0.3, 0.4) is 0 Å². The Bertz CT molecular complexity index is 3260. The lowest BCUT2D eigenvalue weighted by Gasteiger charge is -2.19. The largest absolute Gasteiger partial charge is 0.0616 e. The Labute approximate surface area is 314 Å². The average molecular weight is 683 g/mol. The van der Waals surface area contributed by atoms with E-state index in [1.54, 1.807) is 0 Å². The highest BCUT2D eigenvalue weighted by atomic mass is 14.2. The summed E-state index contributed by atoms with van der Waals surface area (Å²) in [5, 5.41) is 15.2. The Morgan fingerprint density at radius 1 is 0.185 bits per heavy atom. The molecule has 0 aliphatic rings. The molecular weight excluding hydrogens is 649 g/mol. The summed E-state index contributed by atoms with van der Waals surface area (Å²) in [7, 11) is 0. The fourth-order valence-corrected chi connectivity index (χ4v) is 8.80. The van der Waals surface area contributed by atoms with E-state index in [1.165, 1.54) is 109 Å². The fourth-order valence-electron chi connectivity index (χ4n) is 8.80. The molecule has 0 saturated heterocycles. The predicted octanol–water partition coefficient (Wildman–Crippen LogP) is 15.3. The second-order valence-electron chi connectivity index (χ2n) is 14.4. The molecule has 0 unspecified atom stereocenters. The van der Waals surface area contributed by atoms with Crippen LogP contribution in [-0.2, 0) is 0 Å². The van der Waals surface area contributed by atoms with Crippen LogP contribution in [0.4, 0.5) is 0 Å². The summed E-state index contributed by atoms with van der Waals surface area (Å²) in [5.74, 6) is 0. The lowest BCUT2D eigenvalue weighted by molar-refractivity contribution is 1.63. The van der Waals surface area contributed by atoms with Crippen LogP contribution in [0.5, 0.6) is 0 Å². The number of hydrogen-bond donors (Lipinski definition) is 0. The number of rotatable bonds is 4. The zero-order valence-electron chi connectivity index (χ0n) is 29.6. The molecule has 0 N–H and O–H groups in total. The van der Waals surface area contributed by atoms with Crippen molar-refractivity contribution in [3.05, 3.63) is 206 Å². The molecule has 54 heavy (non-hydrogen) atoms. The van der Waals surface area contributed by atoms with Crippen LogP contribution >= 0.6 is 0 Å². The Hall–Kier alpha value is -7.02. The van der Waals surface area contributed by atoms with Crippen molar-refractivity contribution in [1.82, 2.24) is 0 Å². The van der Waals surface area contributed by atoms with Crippen LogP contribution in [0, 0.1) is 0 Å². The van der Waals surface area contributed by atoms with Gasteiger partial charge in [0.2, 0.25) is 0 Å². The van der Waals surface area contributed by atoms with Crippen molar-refractivity contribution in [1.29, 1.82) is 0 Å². The highest BCUT2D eigenvalue weighted by Gasteiger charge is 2.18. The molecule has 0 aliphatic heterocycles. The van der Waals surface area contributed by atoms with Crippen molar-refractivity contribution in [3.8, 4) is 44.5 Å². The van der Waals surface area contributed by atoms with Crippen molar-refractivity contribution in [2.45, 2.75) is 0 Å². The summed E-state index contributed by atoms with van der Waals surface area (Å²) in [5.41, 5.74) is 9.91. The van der Waals surface area contributed by atoms with E-state index in [4.69, 9.17) is 0 Å². The number of fused-ring (bicyclic) bond motifs is 7. The van der Waals surface area contributed by atoms with Gasteiger partial charge in [0.1, 0.15) is 0 Å². The van der Waals surface area contributed by atoms with Gasteiger partial charge in [-0.3, -0.25) is 0 Å². The minimum Gasteiger partial charge on any atom is -0.0616 e. The second-order valence-corrected chi connectivity index (χ2v) is 14.4. The first kappa shape index (κ1) is 30.6. The molecule has 0 radical (unpaired) electrons. The molecular formula is C54H34. The third-order valence-electron chi connectivity index (χ3n) is 11.4. The van der Waals surface area contributed by atoms with Gasteiger partial charge in [0.05, 0.1) is 0 Å². The van der Waals surface area contributed by atoms with Gasteiger partial charge in [-0.2, -0.15) is 0 Å². The van der Waals surface area contributed by atoms with E-state index in [0.29, 0.717) is 0 Å². The summed E-state index contributed by atoms with van der Waals surface area (Å²) < 4.78 is 0. The SMILES string of the molecule is c1ccc2cc(-c3ccc4c(-c5ccc(-c6cccc7c6ccc6ccccc67)cc5)c5ccccc5c(-c5ccc6ccccc6c5)c4c3)ccc2c1. The summed E-state index contributed by atoms with van der Waals surface area (Å²) >= 11 is 0. The van der Waals surface area contributed by atoms with E-state index in [9.17, 15) is 0 Å². The van der Waals surface area contributed by atoms with Gasteiger partial charge in [0.15, 0.2) is 0 Å². The molecule has 0 bridgehead atoms. The predicted molar refractivity (Wildman–Crippen MR) is 233 cm³/mol. The van der Waals surface area contributed by atoms with Crippen LogP contribution in [0.25, 0.3) is 109 Å². The minimum absolute atomic E-state index is 1.22. The van der Waals surface area contributed by atoms with Crippen LogP contribution in [-0.4, -0.2) is 0 Å². The average Bonchev–Trinajstić information content (AvgIpc) is 3.25. The molecule has 250 valence electrons. The molecule has 0 aromatic heterocycles. The van der Waals surface area contributed by atoms with E-state index in [1.807, 2.05) is 0 Å². The lowest BCUT2D eigenvalue weighted by Crippen LogP contribution is -1.92. The normalized spacial score (nSPS) is 11.7.